The molecule has 4 heteroatoms. The Morgan fingerprint density at radius 3 is 2.76 bits per heavy atom. The third-order valence-corrected chi connectivity index (χ3v) is 5.07. The van der Waals surface area contributed by atoms with Crippen molar-refractivity contribution in [3.63, 3.8) is 0 Å². The molecule has 98 valence electrons. The van der Waals surface area contributed by atoms with Gasteiger partial charge in [-0.2, -0.15) is 11.8 Å². The molecule has 2 fully saturated rings. The number of rotatable bonds is 5. The lowest BCUT2D eigenvalue weighted by atomic mass is 9.84. The molecule has 2 saturated carbocycles. The van der Waals surface area contributed by atoms with Crippen molar-refractivity contribution in [1.82, 2.24) is 5.32 Å². The van der Waals surface area contributed by atoms with Gasteiger partial charge in [-0.25, -0.2) is 0 Å². The van der Waals surface area contributed by atoms with Crippen molar-refractivity contribution in [3.05, 3.63) is 0 Å². The van der Waals surface area contributed by atoms with Crippen LogP contribution in [0.1, 0.15) is 32.6 Å². The largest absolute Gasteiger partial charge is 0.353 e. The van der Waals surface area contributed by atoms with E-state index >= 15 is 0 Å². The molecule has 5 unspecified atom stereocenters. The lowest BCUT2D eigenvalue weighted by Gasteiger charge is -2.28. The van der Waals surface area contributed by atoms with Crippen LogP contribution in [0.5, 0.6) is 0 Å². The van der Waals surface area contributed by atoms with Gasteiger partial charge in [-0.05, 0) is 56.5 Å². The molecule has 0 saturated heterocycles. The van der Waals surface area contributed by atoms with Crippen LogP contribution in [0.2, 0.25) is 0 Å². The minimum atomic E-state index is 0.0884. The van der Waals surface area contributed by atoms with E-state index in [-0.39, 0.29) is 23.9 Å². The van der Waals surface area contributed by atoms with E-state index in [2.05, 4.69) is 18.5 Å². The van der Waals surface area contributed by atoms with Crippen molar-refractivity contribution in [2.45, 2.75) is 44.7 Å². The number of hydrogen-bond acceptors (Lipinski definition) is 3. The Balaban J connectivity index is 1.84. The van der Waals surface area contributed by atoms with Gasteiger partial charge in [0.05, 0.1) is 5.92 Å². The van der Waals surface area contributed by atoms with E-state index in [0.717, 1.165) is 12.2 Å². The maximum Gasteiger partial charge on any atom is 0.225 e. The molecule has 3 nitrogen and oxygen atoms in total. The van der Waals surface area contributed by atoms with Crippen LogP contribution in [0.15, 0.2) is 0 Å². The van der Waals surface area contributed by atoms with Gasteiger partial charge in [-0.1, -0.05) is 0 Å². The van der Waals surface area contributed by atoms with Crippen molar-refractivity contribution >= 4 is 17.7 Å². The van der Waals surface area contributed by atoms with Crippen LogP contribution in [0, 0.1) is 17.8 Å². The van der Waals surface area contributed by atoms with Crippen molar-refractivity contribution in [1.29, 1.82) is 0 Å². The molecular weight excluding hydrogens is 232 g/mol. The molecule has 2 bridgehead atoms. The predicted octanol–water partition coefficient (Wildman–Crippen LogP) is 1.62. The molecule has 2 aliphatic carbocycles. The van der Waals surface area contributed by atoms with Crippen molar-refractivity contribution in [3.8, 4) is 0 Å². The molecule has 2 rings (SSSR count). The van der Waals surface area contributed by atoms with Gasteiger partial charge >= 0.3 is 0 Å². The third kappa shape index (κ3) is 2.79. The number of fused-ring (bicyclic) bond motifs is 2. The summed E-state index contributed by atoms with van der Waals surface area (Å²) in [6, 6.07) is 0.391. The van der Waals surface area contributed by atoms with Crippen molar-refractivity contribution < 1.29 is 4.79 Å². The fourth-order valence-electron chi connectivity index (χ4n) is 3.43. The SMILES string of the molecule is CSCCC(C)NC(=O)C1C2CCC(C2)C1N. The summed E-state index contributed by atoms with van der Waals surface area (Å²) in [4.78, 5) is 12.2. The lowest BCUT2D eigenvalue weighted by molar-refractivity contribution is -0.127. The fraction of sp³-hybridized carbons (Fsp3) is 0.923. The average molecular weight is 256 g/mol. The first kappa shape index (κ1) is 13.2. The van der Waals surface area contributed by atoms with E-state index in [1.165, 1.54) is 19.3 Å². The minimum absolute atomic E-state index is 0.0884. The highest BCUT2D eigenvalue weighted by molar-refractivity contribution is 7.98. The van der Waals surface area contributed by atoms with Gasteiger partial charge in [0.1, 0.15) is 0 Å². The molecule has 17 heavy (non-hydrogen) atoms. The summed E-state index contributed by atoms with van der Waals surface area (Å²) < 4.78 is 0. The Hall–Kier alpha value is -0.220. The van der Waals surface area contributed by atoms with Crippen LogP contribution in [0.4, 0.5) is 0 Å². The molecule has 0 radical (unpaired) electrons. The van der Waals surface area contributed by atoms with Crippen LogP contribution in [0.25, 0.3) is 0 Å². The number of nitrogens with two attached hydrogens (primary N) is 1. The van der Waals surface area contributed by atoms with Crippen molar-refractivity contribution in [2.24, 2.45) is 23.5 Å². The zero-order valence-corrected chi connectivity index (χ0v) is 11.6. The summed E-state index contributed by atoms with van der Waals surface area (Å²) in [6.45, 7) is 2.09. The summed E-state index contributed by atoms with van der Waals surface area (Å²) in [5, 5.41) is 3.14. The van der Waals surface area contributed by atoms with E-state index in [1.807, 2.05) is 11.8 Å². The first-order valence-electron chi connectivity index (χ1n) is 6.68. The average Bonchev–Trinajstić information content (AvgIpc) is 2.86. The topological polar surface area (TPSA) is 55.1 Å². The Labute approximate surface area is 108 Å². The Morgan fingerprint density at radius 1 is 1.47 bits per heavy atom. The van der Waals surface area contributed by atoms with Gasteiger partial charge in [0.2, 0.25) is 5.91 Å². The summed E-state index contributed by atoms with van der Waals surface area (Å²) in [5.41, 5.74) is 6.18. The van der Waals surface area contributed by atoms with Gasteiger partial charge < -0.3 is 11.1 Å². The number of nitrogens with one attached hydrogen (secondary N) is 1. The molecule has 0 aliphatic heterocycles. The van der Waals surface area contributed by atoms with E-state index in [4.69, 9.17) is 5.73 Å². The first-order valence-corrected chi connectivity index (χ1v) is 8.07. The smallest absolute Gasteiger partial charge is 0.225 e. The van der Waals surface area contributed by atoms with E-state index < -0.39 is 0 Å². The highest BCUT2D eigenvalue weighted by atomic mass is 32.2. The molecule has 0 aromatic heterocycles. The number of carbonyl (C=O) groups is 1. The van der Waals surface area contributed by atoms with Crippen LogP contribution < -0.4 is 11.1 Å². The van der Waals surface area contributed by atoms with Crippen LogP contribution in [-0.2, 0) is 4.79 Å². The highest BCUT2D eigenvalue weighted by Crippen LogP contribution is 2.47. The fourth-order valence-corrected chi connectivity index (χ4v) is 4.02. The van der Waals surface area contributed by atoms with Gasteiger partial charge in [-0.15, -0.1) is 0 Å². The Kier molecular flexibility index (Phi) is 4.36. The Morgan fingerprint density at radius 2 is 2.18 bits per heavy atom. The predicted molar refractivity (Wildman–Crippen MR) is 72.9 cm³/mol. The van der Waals surface area contributed by atoms with Crippen molar-refractivity contribution in [2.75, 3.05) is 12.0 Å². The summed E-state index contributed by atoms with van der Waals surface area (Å²) in [5.74, 6) is 2.56. The normalized spacial score (nSPS) is 37.1. The van der Waals surface area contributed by atoms with Gasteiger partial charge in [0.25, 0.3) is 0 Å². The second-order valence-electron chi connectivity index (χ2n) is 5.63. The van der Waals surface area contributed by atoms with Gasteiger partial charge in [0, 0.05) is 12.1 Å². The van der Waals surface area contributed by atoms with Gasteiger partial charge in [0.15, 0.2) is 0 Å². The second kappa shape index (κ2) is 5.61. The summed E-state index contributed by atoms with van der Waals surface area (Å²) in [7, 11) is 0. The molecule has 5 atom stereocenters. The maximum absolute atomic E-state index is 12.2. The molecule has 1 amide bonds. The molecule has 0 aromatic carbocycles. The molecule has 0 spiro atoms. The second-order valence-corrected chi connectivity index (χ2v) is 6.61. The first-order chi connectivity index (χ1) is 8.13. The number of carbonyl (C=O) groups excluding carboxylic acids is 1. The third-order valence-electron chi connectivity index (χ3n) is 4.43. The van der Waals surface area contributed by atoms with E-state index in [1.54, 1.807) is 0 Å². The quantitative estimate of drug-likeness (QED) is 0.786. The number of hydrogen-bond donors (Lipinski definition) is 2. The molecule has 0 aromatic rings. The summed E-state index contributed by atoms with van der Waals surface area (Å²) >= 11 is 1.83. The highest BCUT2D eigenvalue weighted by Gasteiger charge is 2.49. The summed E-state index contributed by atoms with van der Waals surface area (Å²) in [6.07, 6.45) is 6.76. The van der Waals surface area contributed by atoms with Gasteiger partial charge in [-0.3, -0.25) is 4.79 Å². The molecule has 3 N–H and O–H groups in total. The number of amides is 1. The minimum Gasteiger partial charge on any atom is -0.353 e. The monoisotopic (exact) mass is 256 g/mol. The zero-order valence-electron chi connectivity index (χ0n) is 10.8. The van der Waals surface area contributed by atoms with Crippen LogP contribution >= 0.6 is 11.8 Å². The lowest BCUT2D eigenvalue weighted by Crippen LogP contribution is -2.47. The Bertz CT molecular complexity index is 283. The van der Waals surface area contributed by atoms with Crippen LogP contribution in [-0.4, -0.2) is 30.0 Å². The van der Waals surface area contributed by atoms with E-state index in [0.29, 0.717) is 11.8 Å². The number of thioether (sulfide) groups is 1. The molecular formula is C13H24N2OS. The van der Waals surface area contributed by atoms with E-state index in [9.17, 15) is 4.79 Å². The molecule has 2 aliphatic rings. The van der Waals surface area contributed by atoms with Crippen LogP contribution in [0.3, 0.4) is 0 Å². The standard InChI is InChI=1S/C13H24N2OS/c1-8(5-6-17-2)15-13(16)11-9-3-4-10(7-9)12(11)14/h8-12H,3-7,14H2,1-2H3,(H,15,16). The maximum atomic E-state index is 12.2. The zero-order chi connectivity index (χ0) is 12.4. The molecule has 0 heterocycles.